The van der Waals surface area contributed by atoms with Crippen molar-refractivity contribution in [1.82, 2.24) is 14.9 Å². The van der Waals surface area contributed by atoms with Crippen LogP contribution in [0.4, 0.5) is 11.5 Å². The largest absolute Gasteiger partial charge is 0.370 e. The topological polar surface area (TPSA) is 61.5 Å². The molecule has 0 saturated carbocycles. The Labute approximate surface area is 184 Å². The Morgan fingerprint density at radius 1 is 1.00 bits per heavy atom. The van der Waals surface area contributed by atoms with E-state index in [1.807, 2.05) is 0 Å². The average molecular weight is 427 g/mol. The summed E-state index contributed by atoms with van der Waals surface area (Å²) in [7, 11) is 0. The van der Waals surface area contributed by atoms with E-state index in [1.54, 1.807) is 0 Å². The molecule has 5 rings (SSSR count). The molecule has 1 atom stereocenters. The van der Waals surface area contributed by atoms with Crippen molar-refractivity contribution in [3.05, 3.63) is 35.0 Å². The van der Waals surface area contributed by atoms with Gasteiger partial charge in [0.1, 0.15) is 11.0 Å². The molecule has 2 aromatic rings. The molecule has 0 aliphatic carbocycles. The molecule has 3 aliphatic heterocycles. The van der Waals surface area contributed by atoms with Crippen LogP contribution in [0.3, 0.4) is 0 Å². The van der Waals surface area contributed by atoms with Gasteiger partial charge in [0.25, 0.3) is 0 Å². The maximum Gasteiger partial charge on any atom is 0.163 e. The number of aromatic nitrogens is 2. The Kier molecular flexibility index (Phi) is 5.81. The summed E-state index contributed by atoms with van der Waals surface area (Å²) in [5.74, 6) is 1.75. The van der Waals surface area contributed by atoms with Crippen LogP contribution < -0.4 is 15.5 Å². The van der Waals surface area contributed by atoms with Gasteiger partial charge in [-0.15, -0.1) is 0 Å². The van der Waals surface area contributed by atoms with Crippen molar-refractivity contribution in [2.75, 3.05) is 55.6 Å². The fourth-order valence-corrected chi connectivity index (χ4v) is 5.22. The average Bonchev–Trinajstić information content (AvgIpc) is 3.50. The predicted molar refractivity (Wildman–Crippen MR) is 123 cm³/mol. The first-order valence-corrected chi connectivity index (χ1v) is 11.7. The van der Waals surface area contributed by atoms with Crippen LogP contribution in [0.1, 0.15) is 31.2 Å². The van der Waals surface area contributed by atoms with E-state index < -0.39 is 0 Å². The van der Waals surface area contributed by atoms with Gasteiger partial charge in [0.2, 0.25) is 0 Å². The van der Waals surface area contributed by atoms with E-state index in [1.165, 1.54) is 44.6 Å². The normalized spacial score (nSPS) is 21.6. The Hall–Kier alpha value is -1.89. The van der Waals surface area contributed by atoms with Crippen molar-refractivity contribution >= 4 is 23.1 Å². The van der Waals surface area contributed by atoms with Crippen LogP contribution in [-0.2, 0) is 6.42 Å². The third-order valence-corrected chi connectivity index (χ3v) is 7.00. The lowest BCUT2D eigenvalue weighted by molar-refractivity contribution is 0.335. The van der Waals surface area contributed by atoms with Gasteiger partial charge in [-0.05, 0) is 76.0 Å². The van der Waals surface area contributed by atoms with Gasteiger partial charge >= 0.3 is 0 Å². The van der Waals surface area contributed by atoms with Gasteiger partial charge < -0.3 is 20.4 Å². The van der Waals surface area contributed by atoms with Crippen molar-refractivity contribution in [2.24, 2.45) is 5.73 Å². The molecule has 1 aromatic carbocycles. The number of likely N-dealkylation sites (tertiary alicyclic amines) is 1. The van der Waals surface area contributed by atoms with Gasteiger partial charge in [0.15, 0.2) is 5.82 Å². The fraction of sp³-hybridized carbons (Fsp3) is 0.565. The Morgan fingerprint density at radius 3 is 2.53 bits per heavy atom. The first kappa shape index (κ1) is 20.0. The Balaban J connectivity index is 1.30. The maximum absolute atomic E-state index is 6.57. The van der Waals surface area contributed by atoms with E-state index in [2.05, 4.69) is 43.9 Å². The number of nitrogens with two attached hydrogens (primary N) is 1. The van der Waals surface area contributed by atoms with E-state index in [4.69, 9.17) is 22.3 Å². The van der Waals surface area contributed by atoms with Gasteiger partial charge in [-0.3, -0.25) is 0 Å². The summed E-state index contributed by atoms with van der Waals surface area (Å²) in [6.07, 6.45) is 5.86. The highest BCUT2D eigenvalue weighted by molar-refractivity contribution is 6.30. The van der Waals surface area contributed by atoms with Crippen LogP contribution in [0.5, 0.6) is 0 Å². The SMILES string of the molecule is N[C@@H]1CCN(c2ccc(-c3nc(Cl)c4c(n3)N(CCCN3CCCC3)CC4)cc2)C1. The maximum atomic E-state index is 6.57. The van der Waals surface area contributed by atoms with Crippen LogP contribution in [0.15, 0.2) is 24.3 Å². The van der Waals surface area contributed by atoms with Crippen molar-refractivity contribution in [3.8, 4) is 11.4 Å². The van der Waals surface area contributed by atoms with Crippen molar-refractivity contribution < 1.29 is 0 Å². The second-order valence-electron chi connectivity index (χ2n) is 8.82. The van der Waals surface area contributed by atoms with Crippen molar-refractivity contribution in [3.63, 3.8) is 0 Å². The smallest absolute Gasteiger partial charge is 0.163 e. The molecule has 30 heavy (non-hydrogen) atoms. The number of halogens is 1. The quantitative estimate of drug-likeness (QED) is 0.716. The molecule has 0 unspecified atom stereocenters. The Morgan fingerprint density at radius 2 is 1.80 bits per heavy atom. The molecule has 0 bridgehead atoms. The molecule has 0 radical (unpaired) electrons. The molecule has 7 heteroatoms. The number of anilines is 2. The number of benzene rings is 1. The summed E-state index contributed by atoms with van der Waals surface area (Å²) in [6, 6.07) is 8.77. The number of hydrogen-bond donors (Lipinski definition) is 1. The molecular weight excluding hydrogens is 396 g/mol. The lowest BCUT2D eigenvalue weighted by Crippen LogP contribution is -2.28. The lowest BCUT2D eigenvalue weighted by Gasteiger charge is -2.21. The molecule has 0 spiro atoms. The van der Waals surface area contributed by atoms with E-state index in [9.17, 15) is 0 Å². The second-order valence-corrected chi connectivity index (χ2v) is 9.18. The number of hydrogen-bond acceptors (Lipinski definition) is 6. The third kappa shape index (κ3) is 4.13. The summed E-state index contributed by atoms with van der Waals surface area (Å²) in [5.41, 5.74) is 9.37. The van der Waals surface area contributed by atoms with Crippen LogP contribution >= 0.6 is 11.6 Å². The highest BCUT2D eigenvalue weighted by Crippen LogP contribution is 2.33. The van der Waals surface area contributed by atoms with Gasteiger partial charge in [-0.2, -0.15) is 0 Å². The van der Waals surface area contributed by atoms with Gasteiger partial charge in [-0.1, -0.05) is 11.6 Å². The molecule has 2 saturated heterocycles. The first-order chi connectivity index (χ1) is 14.7. The number of nitrogens with zero attached hydrogens (tertiary/aromatic N) is 5. The minimum atomic E-state index is 0.278. The molecule has 2 N–H and O–H groups in total. The minimum Gasteiger partial charge on any atom is -0.370 e. The summed E-state index contributed by atoms with van der Waals surface area (Å²) >= 11 is 6.57. The van der Waals surface area contributed by atoms with Crippen LogP contribution in [0, 0.1) is 0 Å². The molecule has 6 nitrogen and oxygen atoms in total. The van der Waals surface area contributed by atoms with Gasteiger partial charge in [-0.25, -0.2) is 9.97 Å². The van der Waals surface area contributed by atoms with Crippen molar-refractivity contribution in [1.29, 1.82) is 0 Å². The van der Waals surface area contributed by atoms with E-state index in [0.717, 1.165) is 61.8 Å². The summed E-state index contributed by atoms with van der Waals surface area (Å²) in [4.78, 5) is 16.9. The highest BCUT2D eigenvalue weighted by atomic mass is 35.5. The monoisotopic (exact) mass is 426 g/mol. The molecule has 2 fully saturated rings. The first-order valence-electron chi connectivity index (χ1n) is 11.3. The molecular formula is C23H31ClN6. The summed E-state index contributed by atoms with van der Waals surface area (Å²) in [6.45, 7) is 7.66. The predicted octanol–water partition coefficient (Wildman–Crippen LogP) is 3.18. The van der Waals surface area contributed by atoms with Crippen LogP contribution in [0.25, 0.3) is 11.4 Å². The third-order valence-electron chi connectivity index (χ3n) is 6.68. The summed E-state index contributed by atoms with van der Waals surface area (Å²) < 4.78 is 0. The minimum absolute atomic E-state index is 0.278. The zero-order valence-electron chi connectivity index (χ0n) is 17.6. The zero-order valence-corrected chi connectivity index (χ0v) is 18.3. The molecule has 3 aliphatic rings. The van der Waals surface area contributed by atoms with E-state index in [0.29, 0.717) is 5.15 Å². The van der Waals surface area contributed by atoms with Gasteiger partial charge in [0.05, 0.1) is 0 Å². The molecule has 0 amide bonds. The van der Waals surface area contributed by atoms with Crippen LogP contribution in [0.2, 0.25) is 5.15 Å². The van der Waals surface area contributed by atoms with E-state index >= 15 is 0 Å². The standard InChI is InChI=1S/C23H31ClN6/c24-21-20-9-15-29(13-3-12-28-10-1-2-11-28)23(20)27-22(26-21)17-4-6-19(7-5-17)30-14-8-18(25)16-30/h4-7,18H,1-3,8-16,25H2/t18-/m1/s1. The Bertz CT molecular complexity index is 880. The highest BCUT2D eigenvalue weighted by Gasteiger charge is 2.26. The molecule has 4 heterocycles. The fourth-order valence-electron chi connectivity index (χ4n) is 4.96. The molecule has 1 aromatic heterocycles. The van der Waals surface area contributed by atoms with E-state index in [-0.39, 0.29) is 6.04 Å². The zero-order chi connectivity index (χ0) is 20.5. The lowest BCUT2D eigenvalue weighted by atomic mass is 10.1. The number of fused-ring (bicyclic) bond motifs is 1. The van der Waals surface area contributed by atoms with Gasteiger partial charge in [0, 0.05) is 49.0 Å². The second kappa shape index (κ2) is 8.69. The summed E-state index contributed by atoms with van der Waals surface area (Å²) in [5, 5.41) is 0.603. The van der Waals surface area contributed by atoms with Crippen molar-refractivity contribution in [2.45, 2.75) is 38.1 Å². The molecule has 160 valence electrons. The number of rotatable bonds is 6. The van der Waals surface area contributed by atoms with Crippen LogP contribution in [-0.4, -0.2) is 66.7 Å².